The molecule has 0 heterocycles. The van der Waals surface area contributed by atoms with Gasteiger partial charge < -0.3 is 10.1 Å². The van der Waals surface area contributed by atoms with E-state index in [-0.39, 0.29) is 5.54 Å². The number of benzene rings is 1. The van der Waals surface area contributed by atoms with E-state index in [9.17, 15) is 0 Å². The van der Waals surface area contributed by atoms with E-state index in [1.807, 2.05) is 18.2 Å². The number of nitrogens with one attached hydrogen (secondary N) is 1. The van der Waals surface area contributed by atoms with Gasteiger partial charge in [-0.15, -0.1) is 0 Å². The molecule has 98 valence electrons. The molecule has 0 aliphatic carbocycles. The van der Waals surface area contributed by atoms with E-state index in [4.69, 9.17) is 10.00 Å². The number of nitriles is 1. The third-order valence-electron chi connectivity index (χ3n) is 3.67. The van der Waals surface area contributed by atoms with Gasteiger partial charge in [-0.2, -0.15) is 5.26 Å². The standard InChI is InChI=1S/C15H22N2O/c1-5-15(3,6-2)17-11-12-7-8-13(10-16)14(9-12)18-4/h7-9,17H,5-6,11H2,1-4H3. The molecule has 0 amide bonds. The minimum Gasteiger partial charge on any atom is -0.495 e. The van der Waals surface area contributed by atoms with Crippen LogP contribution in [0.25, 0.3) is 0 Å². The summed E-state index contributed by atoms with van der Waals surface area (Å²) in [5, 5.41) is 12.5. The molecule has 0 atom stereocenters. The van der Waals surface area contributed by atoms with Crippen LogP contribution in [-0.4, -0.2) is 12.6 Å². The van der Waals surface area contributed by atoms with Crippen molar-refractivity contribution in [1.29, 1.82) is 5.26 Å². The average Bonchev–Trinajstić information content (AvgIpc) is 2.44. The molecule has 0 saturated carbocycles. The van der Waals surface area contributed by atoms with Crippen LogP contribution in [0.4, 0.5) is 0 Å². The Morgan fingerprint density at radius 2 is 2.00 bits per heavy atom. The van der Waals surface area contributed by atoms with E-state index in [0.717, 1.165) is 24.9 Å². The van der Waals surface area contributed by atoms with Crippen LogP contribution in [0.1, 0.15) is 44.7 Å². The lowest BCUT2D eigenvalue weighted by molar-refractivity contribution is 0.329. The van der Waals surface area contributed by atoms with Gasteiger partial charge in [-0.1, -0.05) is 19.9 Å². The van der Waals surface area contributed by atoms with Crippen LogP contribution in [0.2, 0.25) is 0 Å². The van der Waals surface area contributed by atoms with Crippen LogP contribution in [0, 0.1) is 11.3 Å². The second-order valence-electron chi connectivity index (χ2n) is 4.77. The van der Waals surface area contributed by atoms with Crippen LogP contribution in [0.5, 0.6) is 5.75 Å². The predicted octanol–water partition coefficient (Wildman–Crippen LogP) is 3.24. The van der Waals surface area contributed by atoms with Gasteiger partial charge in [0.1, 0.15) is 11.8 Å². The number of hydrogen-bond acceptors (Lipinski definition) is 3. The average molecular weight is 246 g/mol. The molecule has 3 heteroatoms. The highest BCUT2D eigenvalue weighted by Gasteiger charge is 2.18. The monoisotopic (exact) mass is 246 g/mol. The topological polar surface area (TPSA) is 45.0 Å². The Labute approximate surface area is 110 Å². The van der Waals surface area contributed by atoms with Gasteiger partial charge in [0.2, 0.25) is 0 Å². The number of hydrogen-bond donors (Lipinski definition) is 1. The second kappa shape index (κ2) is 6.42. The summed E-state index contributed by atoms with van der Waals surface area (Å²) in [5.41, 5.74) is 1.88. The van der Waals surface area contributed by atoms with E-state index in [1.54, 1.807) is 7.11 Å². The Kier molecular flexibility index (Phi) is 5.18. The first-order chi connectivity index (χ1) is 8.58. The number of rotatable bonds is 6. The van der Waals surface area contributed by atoms with Crippen molar-refractivity contribution >= 4 is 0 Å². The van der Waals surface area contributed by atoms with Crippen LogP contribution in [0.3, 0.4) is 0 Å². The molecule has 0 radical (unpaired) electrons. The molecule has 0 fully saturated rings. The van der Waals surface area contributed by atoms with Gasteiger partial charge in [-0.05, 0) is 37.5 Å². The number of methoxy groups -OCH3 is 1. The zero-order valence-electron chi connectivity index (χ0n) is 11.7. The zero-order chi connectivity index (χ0) is 13.6. The lowest BCUT2D eigenvalue weighted by atomic mass is 9.95. The van der Waals surface area contributed by atoms with Crippen molar-refractivity contribution in [2.45, 2.75) is 45.7 Å². The molecule has 0 spiro atoms. The molecule has 1 N–H and O–H groups in total. The van der Waals surface area contributed by atoms with Crippen molar-refractivity contribution in [3.05, 3.63) is 29.3 Å². The van der Waals surface area contributed by atoms with Crippen molar-refractivity contribution in [2.24, 2.45) is 0 Å². The lowest BCUT2D eigenvalue weighted by Crippen LogP contribution is -2.40. The third kappa shape index (κ3) is 3.48. The molecule has 0 unspecified atom stereocenters. The molecule has 0 aliphatic rings. The molecule has 0 bridgehead atoms. The maximum Gasteiger partial charge on any atom is 0.136 e. The van der Waals surface area contributed by atoms with Crippen LogP contribution in [0.15, 0.2) is 18.2 Å². The summed E-state index contributed by atoms with van der Waals surface area (Å²) in [6.45, 7) is 7.40. The summed E-state index contributed by atoms with van der Waals surface area (Å²) < 4.78 is 5.21. The van der Waals surface area contributed by atoms with E-state index in [1.165, 1.54) is 0 Å². The minimum absolute atomic E-state index is 0.168. The molecule has 1 aromatic rings. The first-order valence-corrected chi connectivity index (χ1v) is 6.40. The van der Waals surface area contributed by atoms with Gasteiger partial charge >= 0.3 is 0 Å². The third-order valence-corrected chi connectivity index (χ3v) is 3.67. The van der Waals surface area contributed by atoms with Crippen LogP contribution >= 0.6 is 0 Å². The van der Waals surface area contributed by atoms with Gasteiger partial charge in [0, 0.05) is 12.1 Å². The fourth-order valence-electron chi connectivity index (χ4n) is 1.75. The molecule has 1 rings (SSSR count). The molecule has 0 aliphatic heterocycles. The van der Waals surface area contributed by atoms with Gasteiger partial charge in [0.15, 0.2) is 0 Å². The maximum atomic E-state index is 8.93. The Morgan fingerprint density at radius 3 is 2.50 bits per heavy atom. The van der Waals surface area contributed by atoms with Crippen molar-refractivity contribution in [3.8, 4) is 11.8 Å². The number of nitrogens with zero attached hydrogens (tertiary/aromatic N) is 1. The molecular formula is C15H22N2O. The Balaban J connectivity index is 2.78. The summed E-state index contributed by atoms with van der Waals surface area (Å²) in [7, 11) is 1.59. The highest BCUT2D eigenvalue weighted by molar-refractivity contribution is 5.45. The van der Waals surface area contributed by atoms with Crippen molar-refractivity contribution in [3.63, 3.8) is 0 Å². The smallest absolute Gasteiger partial charge is 0.136 e. The first kappa shape index (κ1) is 14.5. The fourth-order valence-corrected chi connectivity index (χ4v) is 1.75. The van der Waals surface area contributed by atoms with Crippen molar-refractivity contribution in [2.75, 3.05) is 7.11 Å². The lowest BCUT2D eigenvalue weighted by Gasteiger charge is -2.28. The van der Waals surface area contributed by atoms with Crippen LogP contribution in [-0.2, 0) is 6.54 Å². The first-order valence-electron chi connectivity index (χ1n) is 6.40. The Morgan fingerprint density at radius 1 is 1.33 bits per heavy atom. The molecule has 0 saturated heterocycles. The molecule has 1 aromatic carbocycles. The minimum atomic E-state index is 0.168. The van der Waals surface area contributed by atoms with Gasteiger partial charge in [-0.25, -0.2) is 0 Å². The highest BCUT2D eigenvalue weighted by Crippen LogP contribution is 2.20. The molecule has 0 aromatic heterocycles. The summed E-state index contributed by atoms with van der Waals surface area (Å²) >= 11 is 0. The quantitative estimate of drug-likeness (QED) is 0.838. The van der Waals surface area contributed by atoms with E-state index in [0.29, 0.717) is 11.3 Å². The van der Waals surface area contributed by atoms with Crippen LogP contribution < -0.4 is 10.1 Å². The van der Waals surface area contributed by atoms with E-state index >= 15 is 0 Å². The van der Waals surface area contributed by atoms with Gasteiger partial charge in [0.05, 0.1) is 12.7 Å². The predicted molar refractivity (Wildman–Crippen MR) is 73.5 cm³/mol. The Hall–Kier alpha value is -1.53. The second-order valence-corrected chi connectivity index (χ2v) is 4.77. The van der Waals surface area contributed by atoms with Crippen molar-refractivity contribution in [1.82, 2.24) is 5.32 Å². The summed E-state index contributed by atoms with van der Waals surface area (Å²) in [5.74, 6) is 0.645. The fraction of sp³-hybridized carbons (Fsp3) is 0.533. The SMILES string of the molecule is CCC(C)(CC)NCc1ccc(C#N)c(OC)c1. The number of ether oxygens (including phenoxy) is 1. The summed E-state index contributed by atoms with van der Waals surface area (Å²) in [4.78, 5) is 0. The van der Waals surface area contributed by atoms with E-state index < -0.39 is 0 Å². The van der Waals surface area contributed by atoms with E-state index in [2.05, 4.69) is 32.2 Å². The van der Waals surface area contributed by atoms with Crippen molar-refractivity contribution < 1.29 is 4.74 Å². The molecular weight excluding hydrogens is 224 g/mol. The summed E-state index contributed by atoms with van der Waals surface area (Å²) in [6.07, 6.45) is 2.19. The zero-order valence-corrected chi connectivity index (χ0v) is 11.7. The molecule has 3 nitrogen and oxygen atoms in total. The largest absolute Gasteiger partial charge is 0.495 e. The highest BCUT2D eigenvalue weighted by atomic mass is 16.5. The maximum absolute atomic E-state index is 8.93. The normalized spacial score (nSPS) is 11.1. The van der Waals surface area contributed by atoms with Gasteiger partial charge in [-0.3, -0.25) is 0 Å². The molecule has 18 heavy (non-hydrogen) atoms. The van der Waals surface area contributed by atoms with Gasteiger partial charge in [0.25, 0.3) is 0 Å². The Bertz CT molecular complexity index is 431. The summed E-state index contributed by atoms with van der Waals surface area (Å²) in [6, 6.07) is 7.83.